The third-order valence-corrected chi connectivity index (χ3v) is 5.36. The molecule has 34 heavy (non-hydrogen) atoms. The van der Waals surface area contributed by atoms with E-state index in [9.17, 15) is 4.79 Å². The largest absolute Gasteiger partial charge is 0.497 e. The molecule has 0 radical (unpaired) electrons. The van der Waals surface area contributed by atoms with Crippen LogP contribution >= 0.6 is 11.6 Å². The summed E-state index contributed by atoms with van der Waals surface area (Å²) in [5, 5.41) is 4.73. The van der Waals surface area contributed by atoms with E-state index in [4.69, 9.17) is 36.8 Å². The second kappa shape index (κ2) is 10.3. The van der Waals surface area contributed by atoms with Crippen molar-refractivity contribution in [2.24, 2.45) is 12.0 Å². The number of amides is 1. The van der Waals surface area contributed by atoms with Crippen LogP contribution in [0.25, 0.3) is 17.0 Å². The number of aryl methyl sites for hydroxylation is 2. The number of aromatic nitrogens is 4. The molecule has 0 atom stereocenters. The van der Waals surface area contributed by atoms with Gasteiger partial charge in [0.15, 0.2) is 5.82 Å². The highest BCUT2D eigenvalue weighted by Gasteiger charge is 2.17. The highest BCUT2D eigenvalue weighted by molar-refractivity contribution is 6.35. The Morgan fingerprint density at radius 2 is 2.03 bits per heavy atom. The summed E-state index contributed by atoms with van der Waals surface area (Å²) < 4.78 is 12.4. The van der Waals surface area contributed by atoms with Gasteiger partial charge in [0.1, 0.15) is 22.9 Å². The maximum atomic E-state index is 11.4. The number of nitrogens with zero attached hydrogens (tertiary/aromatic N) is 6. The second-order valence-corrected chi connectivity index (χ2v) is 7.84. The summed E-state index contributed by atoms with van der Waals surface area (Å²) in [6.45, 7) is 3.65. The molecule has 11 heteroatoms. The molecule has 10 nitrogen and oxygen atoms in total. The van der Waals surface area contributed by atoms with E-state index in [1.165, 1.54) is 18.2 Å². The van der Waals surface area contributed by atoms with Crippen molar-refractivity contribution in [3.8, 4) is 22.8 Å². The number of benzene rings is 1. The number of hydrogen-bond donors (Lipinski definition) is 1. The van der Waals surface area contributed by atoms with E-state index in [1.807, 2.05) is 20.2 Å². The van der Waals surface area contributed by atoms with Crippen molar-refractivity contribution >= 4 is 35.2 Å². The normalized spacial score (nSPS) is 12.0. The summed E-state index contributed by atoms with van der Waals surface area (Å²) in [5.41, 5.74) is 10.1. The Labute approximate surface area is 202 Å². The molecule has 0 saturated carbocycles. The average Bonchev–Trinajstić information content (AvgIpc) is 3.16. The summed E-state index contributed by atoms with van der Waals surface area (Å²) in [4.78, 5) is 26.4. The molecule has 3 rings (SSSR count). The lowest BCUT2D eigenvalue weighted by Crippen LogP contribution is -2.10. The van der Waals surface area contributed by atoms with Crippen LogP contribution < -0.4 is 15.2 Å². The molecule has 2 heterocycles. The second-order valence-electron chi connectivity index (χ2n) is 7.46. The van der Waals surface area contributed by atoms with Crippen molar-refractivity contribution in [2.75, 3.05) is 27.0 Å². The van der Waals surface area contributed by atoms with Gasteiger partial charge in [-0.3, -0.25) is 9.48 Å². The molecule has 0 aliphatic carbocycles. The van der Waals surface area contributed by atoms with Crippen molar-refractivity contribution < 1.29 is 14.3 Å². The van der Waals surface area contributed by atoms with E-state index < -0.39 is 0 Å². The zero-order valence-electron chi connectivity index (χ0n) is 19.8. The first-order valence-electron chi connectivity index (χ1n) is 10.2. The smallest absolute Gasteiger partial charge is 0.213 e. The zero-order chi connectivity index (χ0) is 25.0. The summed E-state index contributed by atoms with van der Waals surface area (Å²) in [5.74, 6) is 1.14. The highest BCUT2D eigenvalue weighted by atomic mass is 35.5. The first kappa shape index (κ1) is 24.7. The number of carbonyl (C=O) groups excluding carboxylic acids is 1. The molecule has 3 aromatic rings. The van der Waals surface area contributed by atoms with E-state index in [0.717, 1.165) is 11.3 Å². The van der Waals surface area contributed by atoms with Gasteiger partial charge in [-0.15, -0.1) is 0 Å². The number of nitrogen functional groups attached to an aromatic ring is 1. The number of nitrogens with two attached hydrogens (primary N) is 1. The standard InChI is InChI=1S/C23H26ClN7O3/c1-13(16-7-15(33-5)8-20(34-6)21(16)24)27-19(11-30(3)12-32)22-23(25)26-9-18(28-22)17-10-31(4)29-14(17)2/h7-12H,1-6H3,(H2,25,26)/b19-11-,27-13+. The van der Waals surface area contributed by atoms with Crippen molar-refractivity contribution in [1.29, 1.82) is 0 Å². The lowest BCUT2D eigenvalue weighted by Gasteiger charge is -2.14. The Hall–Kier alpha value is -3.92. The van der Waals surface area contributed by atoms with E-state index in [1.54, 1.807) is 44.1 Å². The first-order chi connectivity index (χ1) is 16.2. The molecule has 0 spiro atoms. The highest BCUT2D eigenvalue weighted by Crippen LogP contribution is 2.34. The fourth-order valence-corrected chi connectivity index (χ4v) is 3.60. The van der Waals surface area contributed by atoms with E-state index in [-0.39, 0.29) is 5.82 Å². The monoisotopic (exact) mass is 483 g/mol. The maximum Gasteiger partial charge on any atom is 0.213 e. The van der Waals surface area contributed by atoms with E-state index >= 15 is 0 Å². The molecule has 0 aliphatic rings. The zero-order valence-corrected chi connectivity index (χ0v) is 20.6. The van der Waals surface area contributed by atoms with Crippen molar-refractivity contribution in [1.82, 2.24) is 24.6 Å². The Bertz CT molecular complexity index is 1280. The Balaban J connectivity index is 2.19. The van der Waals surface area contributed by atoms with Crippen LogP contribution in [0, 0.1) is 6.92 Å². The number of aliphatic imine (C=N–C) groups is 1. The summed E-state index contributed by atoms with van der Waals surface area (Å²) in [6.07, 6.45) is 5.58. The molecule has 0 bridgehead atoms. The lowest BCUT2D eigenvalue weighted by molar-refractivity contribution is -0.114. The van der Waals surface area contributed by atoms with Crippen LogP contribution in [-0.4, -0.2) is 58.0 Å². The minimum Gasteiger partial charge on any atom is -0.497 e. The van der Waals surface area contributed by atoms with Gasteiger partial charge in [-0.25, -0.2) is 15.0 Å². The first-order valence-corrected chi connectivity index (χ1v) is 10.6. The third kappa shape index (κ3) is 5.18. The van der Waals surface area contributed by atoms with Crippen LogP contribution in [0.3, 0.4) is 0 Å². The van der Waals surface area contributed by atoms with Crippen LogP contribution in [0.4, 0.5) is 5.82 Å². The molecule has 0 saturated heterocycles. The molecular formula is C23H26ClN7O3. The van der Waals surface area contributed by atoms with Crippen molar-refractivity contribution in [3.05, 3.63) is 52.7 Å². The molecule has 2 aromatic heterocycles. The summed E-state index contributed by atoms with van der Waals surface area (Å²) in [7, 11) is 6.47. The van der Waals surface area contributed by atoms with Gasteiger partial charge in [0.25, 0.3) is 0 Å². The number of anilines is 1. The molecule has 1 aromatic carbocycles. The van der Waals surface area contributed by atoms with Gasteiger partial charge in [0.2, 0.25) is 6.41 Å². The minimum atomic E-state index is 0.154. The molecular weight excluding hydrogens is 458 g/mol. The number of halogens is 1. The van der Waals surface area contributed by atoms with Crippen molar-refractivity contribution in [3.63, 3.8) is 0 Å². The van der Waals surface area contributed by atoms with Gasteiger partial charge >= 0.3 is 0 Å². The van der Waals surface area contributed by atoms with Gasteiger partial charge in [-0.05, 0) is 19.9 Å². The number of rotatable bonds is 8. The quantitative estimate of drug-likeness (QED) is 0.385. The SMILES string of the molecule is COc1cc(OC)c(Cl)c(/C(C)=N/C(=C\N(C)C=O)c2nc(-c3cn(C)nc3C)cnc2N)c1. The predicted molar refractivity (Wildman–Crippen MR) is 132 cm³/mol. The molecule has 0 fully saturated rings. The third-order valence-electron chi connectivity index (χ3n) is 4.97. The molecule has 2 N–H and O–H groups in total. The van der Waals surface area contributed by atoms with E-state index in [0.29, 0.717) is 51.3 Å². The minimum absolute atomic E-state index is 0.154. The van der Waals surface area contributed by atoms with Gasteiger partial charge in [-0.1, -0.05) is 11.6 Å². The maximum absolute atomic E-state index is 11.4. The molecule has 178 valence electrons. The fraction of sp³-hybridized carbons (Fsp3) is 0.261. The Kier molecular flexibility index (Phi) is 7.52. The van der Waals surface area contributed by atoms with Crippen LogP contribution in [-0.2, 0) is 11.8 Å². The average molecular weight is 484 g/mol. The van der Waals surface area contributed by atoms with Crippen LogP contribution in [0.1, 0.15) is 23.9 Å². The fourth-order valence-electron chi connectivity index (χ4n) is 3.28. The van der Waals surface area contributed by atoms with E-state index in [2.05, 4.69) is 10.1 Å². The molecule has 1 amide bonds. The van der Waals surface area contributed by atoms with Gasteiger partial charge in [-0.2, -0.15) is 5.10 Å². The molecule has 0 unspecified atom stereocenters. The lowest BCUT2D eigenvalue weighted by atomic mass is 10.1. The Morgan fingerprint density at radius 1 is 1.29 bits per heavy atom. The predicted octanol–water partition coefficient (Wildman–Crippen LogP) is 3.33. The van der Waals surface area contributed by atoms with Crippen molar-refractivity contribution in [2.45, 2.75) is 13.8 Å². The van der Waals surface area contributed by atoms with Crippen LogP contribution in [0.5, 0.6) is 11.5 Å². The number of ether oxygens (including phenoxy) is 2. The van der Waals surface area contributed by atoms with Gasteiger partial charge in [0, 0.05) is 49.4 Å². The van der Waals surface area contributed by atoms with Gasteiger partial charge < -0.3 is 20.1 Å². The summed E-state index contributed by atoms with van der Waals surface area (Å²) >= 11 is 6.54. The number of hydrogen-bond acceptors (Lipinski definition) is 8. The molecule has 0 aliphatic heterocycles. The van der Waals surface area contributed by atoms with Crippen LogP contribution in [0.2, 0.25) is 5.02 Å². The Morgan fingerprint density at radius 3 is 2.62 bits per heavy atom. The number of carbonyl (C=O) groups is 1. The van der Waals surface area contributed by atoms with Crippen LogP contribution in [0.15, 0.2) is 35.7 Å². The topological polar surface area (TPSA) is 121 Å². The number of methoxy groups -OCH3 is 2. The van der Waals surface area contributed by atoms with Gasteiger partial charge in [0.05, 0.1) is 36.8 Å². The summed E-state index contributed by atoms with van der Waals surface area (Å²) in [6, 6.07) is 3.42.